The number of benzene rings is 1. The second-order valence-corrected chi connectivity index (χ2v) is 4.99. The van der Waals surface area contributed by atoms with Crippen molar-refractivity contribution < 1.29 is 4.74 Å². The number of hydrogen-bond acceptors (Lipinski definition) is 2. The van der Waals surface area contributed by atoms with Gasteiger partial charge in [0.05, 0.1) is 12.7 Å². The zero-order chi connectivity index (χ0) is 12.5. The fourth-order valence-corrected chi connectivity index (χ4v) is 1.59. The van der Waals surface area contributed by atoms with Crippen LogP contribution in [0.5, 0.6) is 0 Å². The summed E-state index contributed by atoms with van der Waals surface area (Å²) in [6.45, 7) is 9.43. The minimum atomic E-state index is 0.315. The van der Waals surface area contributed by atoms with Gasteiger partial charge in [-0.05, 0) is 37.9 Å². The van der Waals surface area contributed by atoms with E-state index in [2.05, 4.69) is 38.2 Å². The van der Waals surface area contributed by atoms with Crippen molar-refractivity contribution >= 4 is 0 Å². The highest BCUT2D eigenvalue weighted by atomic mass is 16.5. The summed E-state index contributed by atoms with van der Waals surface area (Å²) in [6.07, 6.45) is 1.38. The van der Waals surface area contributed by atoms with Crippen LogP contribution in [0, 0.1) is 5.92 Å². The van der Waals surface area contributed by atoms with E-state index in [0.29, 0.717) is 12.7 Å². The lowest BCUT2D eigenvalue weighted by molar-refractivity contribution is 0.0477. The van der Waals surface area contributed by atoms with Gasteiger partial charge in [-0.3, -0.25) is 0 Å². The van der Waals surface area contributed by atoms with Crippen LogP contribution in [0.1, 0.15) is 32.8 Å². The fourth-order valence-electron chi connectivity index (χ4n) is 1.59. The van der Waals surface area contributed by atoms with E-state index >= 15 is 0 Å². The van der Waals surface area contributed by atoms with E-state index < -0.39 is 0 Å². The minimum Gasteiger partial charge on any atom is -0.374 e. The Kier molecular flexibility index (Phi) is 6.90. The molecular formula is C15H25NO. The summed E-state index contributed by atoms with van der Waals surface area (Å²) in [5.74, 6) is 0.718. The summed E-state index contributed by atoms with van der Waals surface area (Å²) in [5.41, 5.74) is 1.24. The molecule has 96 valence electrons. The van der Waals surface area contributed by atoms with Crippen LogP contribution < -0.4 is 5.32 Å². The predicted octanol–water partition coefficient (Wildman–Crippen LogP) is 3.23. The molecule has 0 heterocycles. The van der Waals surface area contributed by atoms with Crippen molar-refractivity contribution in [1.82, 2.24) is 5.32 Å². The van der Waals surface area contributed by atoms with Crippen LogP contribution >= 0.6 is 0 Å². The number of nitrogens with one attached hydrogen (secondary N) is 1. The molecule has 1 aromatic carbocycles. The molecule has 0 saturated carbocycles. The van der Waals surface area contributed by atoms with Gasteiger partial charge in [0, 0.05) is 0 Å². The summed E-state index contributed by atoms with van der Waals surface area (Å²) >= 11 is 0. The molecule has 0 radical (unpaired) electrons. The molecule has 2 nitrogen and oxygen atoms in total. The largest absolute Gasteiger partial charge is 0.374 e. The third-order valence-electron chi connectivity index (χ3n) is 2.66. The summed E-state index contributed by atoms with van der Waals surface area (Å²) < 4.78 is 5.80. The van der Waals surface area contributed by atoms with Gasteiger partial charge < -0.3 is 10.1 Å². The molecule has 17 heavy (non-hydrogen) atoms. The van der Waals surface area contributed by atoms with Crippen LogP contribution in [-0.2, 0) is 11.3 Å². The first-order chi connectivity index (χ1) is 8.18. The zero-order valence-electron chi connectivity index (χ0n) is 11.3. The van der Waals surface area contributed by atoms with Crippen molar-refractivity contribution in [2.75, 3.05) is 13.1 Å². The van der Waals surface area contributed by atoms with Crippen LogP contribution in [0.4, 0.5) is 0 Å². The maximum Gasteiger partial charge on any atom is 0.0720 e. The van der Waals surface area contributed by atoms with Crippen molar-refractivity contribution in [3.05, 3.63) is 35.9 Å². The second kappa shape index (κ2) is 8.26. The number of ether oxygens (including phenoxy) is 1. The highest BCUT2D eigenvalue weighted by Gasteiger charge is 2.02. The molecule has 0 spiro atoms. The lowest BCUT2D eigenvalue weighted by Crippen LogP contribution is -2.24. The van der Waals surface area contributed by atoms with Crippen molar-refractivity contribution in [2.45, 2.75) is 39.9 Å². The molecule has 0 fully saturated rings. The standard InChI is InChI=1S/C15H25NO/c1-13(2)11-16-10-9-14(3)17-12-15-7-5-4-6-8-15/h4-8,13-14,16H,9-12H2,1-3H3. The Labute approximate surface area is 105 Å². The highest BCUT2D eigenvalue weighted by molar-refractivity contribution is 5.13. The van der Waals surface area contributed by atoms with Crippen molar-refractivity contribution in [3.63, 3.8) is 0 Å². The third kappa shape index (κ3) is 7.14. The van der Waals surface area contributed by atoms with Gasteiger partial charge in [-0.25, -0.2) is 0 Å². The Morgan fingerprint density at radius 1 is 1.12 bits per heavy atom. The highest BCUT2D eigenvalue weighted by Crippen LogP contribution is 2.05. The zero-order valence-corrected chi connectivity index (χ0v) is 11.3. The minimum absolute atomic E-state index is 0.315. The van der Waals surface area contributed by atoms with Gasteiger partial charge in [-0.15, -0.1) is 0 Å². The first kappa shape index (κ1) is 14.2. The second-order valence-electron chi connectivity index (χ2n) is 4.99. The van der Waals surface area contributed by atoms with E-state index in [1.807, 2.05) is 18.2 Å². The summed E-state index contributed by atoms with van der Waals surface area (Å²) in [7, 11) is 0. The molecule has 2 heteroatoms. The van der Waals surface area contributed by atoms with Gasteiger partial charge in [-0.2, -0.15) is 0 Å². The van der Waals surface area contributed by atoms with Gasteiger partial charge in [0.2, 0.25) is 0 Å². The first-order valence-corrected chi connectivity index (χ1v) is 6.54. The lowest BCUT2D eigenvalue weighted by atomic mass is 10.2. The molecule has 0 aliphatic rings. The van der Waals surface area contributed by atoms with Gasteiger partial charge in [0.1, 0.15) is 0 Å². The smallest absolute Gasteiger partial charge is 0.0720 e. The van der Waals surface area contributed by atoms with Gasteiger partial charge in [0.25, 0.3) is 0 Å². The average Bonchev–Trinajstić information content (AvgIpc) is 2.33. The number of rotatable bonds is 8. The molecule has 0 aromatic heterocycles. The van der Waals surface area contributed by atoms with Crippen LogP contribution in [-0.4, -0.2) is 19.2 Å². The molecule has 0 bridgehead atoms. The SMILES string of the molecule is CC(C)CNCCC(C)OCc1ccccc1. The van der Waals surface area contributed by atoms with Gasteiger partial charge >= 0.3 is 0 Å². The summed E-state index contributed by atoms with van der Waals surface area (Å²) in [5, 5.41) is 3.43. The molecule has 1 rings (SSSR count). The molecule has 1 unspecified atom stereocenters. The molecule has 0 aliphatic heterocycles. The maximum atomic E-state index is 5.80. The van der Waals surface area contributed by atoms with Crippen molar-refractivity contribution in [2.24, 2.45) is 5.92 Å². The van der Waals surface area contributed by atoms with Crippen molar-refractivity contribution in [3.8, 4) is 0 Å². The molecule has 1 N–H and O–H groups in total. The normalized spacial score (nSPS) is 12.9. The topological polar surface area (TPSA) is 21.3 Å². The Hall–Kier alpha value is -0.860. The van der Waals surface area contributed by atoms with E-state index in [1.54, 1.807) is 0 Å². The van der Waals surface area contributed by atoms with E-state index in [1.165, 1.54) is 5.56 Å². The Morgan fingerprint density at radius 2 is 1.82 bits per heavy atom. The fraction of sp³-hybridized carbons (Fsp3) is 0.600. The van der Waals surface area contributed by atoms with Crippen LogP contribution in [0.15, 0.2) is 30.3 Å². The van der Waals surface area contributed by atoms with E-state index in [-0.39, 0.29) is 0 Å². The Morgan fingerprint density at radius 3 is 2.47 bits per heavy atom. The monoisotopic (exact) mass is 235 g/mol. The quantitative estimate of drug-likeness (QED) is 0.699. The summed E-state index contributed by atoms with van der Waals surface area (Å²) in [4.78, 5) is 0. The summed E-state index contributed by atoms with van der Waals surface area (Å²) in [6, 6.07) is 10.3. The number of hydrogen-bond donors (Lipinski definition) is 1. The van der Waals surface area contributed by atoms with E-state index in [4.69, 9.17) is 4.74 Å². The molecule has 0 aliphatic carbocycles. The maximum absolute atomic E-state index is 5.80. The van der Waals surface area contributed by atoms with Crippen LogP contribution in [0.2, 0.25) is 0 Å². The Bertz CT molecular complexity index is 284. The van der Waals surface area contributed by atoms with Crippen molar-refractivity contribution in [1.29, 1.82) is 0 Å². The van der Waals surface area contributed by atoms with Gasteiger partial charge in [-0.1, -0.05) is 44.2 Å². The molecule has 1 atom stereocenters. The first-order valence-electron chi connectivity index (χ1n) is 6.54. The Balaban J connectivity index is 2.07. The molecular weight excluding hydrogens is 210 g/mol. The van der Waals surface area contributed by atoms with E-state index in [0.717, 1.165) is 25.4 Å². The molecule has 0 amide bonds. The predicted molar refractivity (Wildman–Crippen MR) is 73.0 cm³/mol. The molecule has 0 saturated heterocycles. The van der Waals surface area contributed by atoms with Crippen LogP contribution in [0.25, 0.3) is 0 Å². The van der Waals surface area contributed by atoms with Gasteiger partial charge in [0.15, 0.2) is 0 Å². The third-order valence-corrected chi connectivity index (χ3v) is 2.66. The van der Waals surface area contributed by atoms with Crippen LogP contribution in [0.3, 0.4) is 0 Å². The average molecular weight is 235 g/mol. The van der Waals surface area contributed by atoms with E-state index in [9.17, 15) is 0 Å². The lowest BCUT2D eigenvalue weighted by Gasteiger charge is -2.14. The molecule has 1 aromatic rings.